The quantitative estimate of drug-likeness (QED) is 0.0621. The summed E-state index contributed by atoms with van der Waals surface area (Å²) in [5.74, 6) is 1.56. The van der Waals surface area contributed by atoms with Gasteiger partial charge in [-0.05, 0) is 94.0 Å². The summed E-state index contributed by atoms with van der Waals surface area (Å²) in [7, 11) is 0.367. The Morgan fingerprint density at radius 3 is 1.25 bits per heavy atom. The predicted octanol–water partition coefficient (Wildman–Crippen LogP) is 14.6. The van der Waals surface area contributed by atoms with Crippen molar-refractivity contribution in [1.82, 2.24) is 0 Å². The van der Waals surface area contributed by atoms with Crippen LogP contribution in [0.2, 0.25) is 0 Å². The van der Waals surface area contributed by atoms with Gasteiger partial charge in [0, 0.05) is 0 Å². The van der Waals surface area contributed by atoms with Crippen LogP contribution in [0, 0.1) is 0 Å². The van der Waals surface area contributed by atoms with Crippen LogP contribution < -0.4 is 0 Å². The molecule has 0 saturated heterocycles. The second-order valence-electron chi connectivity index (χ2n) is 13.3. The van der Waals surface area contributed by atoms with E-state index < -0.39 is 5.97 Å². The van der Waals surface area contributed by atoms with Crippen molar-refractivity contribution in [3.05, 3.63) is 46.5 Å². The lowest BCUT2D eigenvalue weighted by atomic mass is 9.98. The zero-order valence-electron chi connectivity index (χ0n) is 29.5. The Balaban J connectivity index is 2.06. The molecule has 1 unspecified atom stereocenters. The molecule has 0 amide bonds. The lowest BCUT2D eigenvalue weighted by Gasteiger charge is -2.07. The minimum Gasteiger partial charge on any atom is -0.477 e. The van der Waals surface area contributed by atoms with E-state index in [1.807, 2.05) is 0 Å². The van der Waals surface area contributed by atoms with Crippen LogP contribution in [0.25, 0.3) is 0 Å². The first-order chi connectivity index (χ1) is 21.7. The molecule has 0 spiro atoms. The molecule has 1 aromatic heterocycles. The zero-order chi connectivity index (χ0) is 31.8. The molecule has 0 aliphatic rings. The standard InChI is InChI=1S/C41H73O2P/c1-3-5-7-9-11-13-15-17-19-21-23-25-27-29-31-33-35-38-37-44-40(41(42)43)39(38)36-34-32-30-28-26-24-22-20-18-16-14-12-10-8-6-4-2/h17-20,37,44H,3-16,21-36H2,1-2H3,(H,42,43)/b19-17-,20-18-. The maximum Gasteiger partial charge on any atom is 0.339 e. The molecule has 0 saturated carbocycles. The minimum absolute atomic E-state index is 0.367. The molecule has 254 valence electrons. The summed E-state index contributed by atoms with van der Waals surface area (Å²) >= 11 is 0. The topological polar surface area (TPSA) is 37.3 Å². The maximum atomic E-state index is 11.9. The lowest BCUT2D eigenvalue weighted by molar-refractivity contribution is 0.0701. The molecule has 0 bridgehead atoms. The van der Waals surface area contributed by atoms with Gasteiger partial charge in [0.1, 0.15) is 0 Å². The van der Waals surface area contributed by atoms with Crippen molar-refractivity contribution in [3.63, 3.8) is 0 Å². The fraction of sp³-hybridized carbons (Fsp3) is 0.780. The first kappa shape index (κ1) is 40.8. The molecule has 1 heterocycles. The van der Waals surface area contributed by atoms with Crippen molar-refractivity contribution >= 4 is 14.2 Å². The van der Waals surface area contributed by atoms with Crippen molar-refractivity contribution in [1.29, 1.82) is 0 Å². The highest BCUT2D eigenvalue weighted by atomic mass is 31.0. The van der Waals surface area contributed by atoms with Gasteiger partial charge < -0.3 is 5.11 Å². The highest BCUT2D eigenvalue weighted by Gasteiger charge is 2.15. The molecule has 2 nitrogen and oxygen atoms in total. The molecule has 1 aromatic rings. The number of rotatable bonds is 33. The van der Waals surface area contributed by atoms with E-state index in [1.54, 1.807) is 0 Å². The summed E-state index contributed by atoms with van der Waals surface area (Å²) in [6, 6.07) is 0. The van der Waals surface area contributed by atoms with Gasteiger partial charge in [0.2, 0.25) is 0 Å². The number of hydrogen-bond acceptors (Lipinski definition) is 1. The Hall–Kier alpha value is -1.27. The molecule has 0 aromatic carbocycles. The smallest absolute Gasteiger partial charge is 0.339 e. The third kappa shape index (κ3) is 24.0. The number of carboxylic acid groups (broad SMARTS) is 1. The van der Waals surface area contributed by atoms with Crippen molar-refractivity contribution < 1.29 is 9.90 Å². The molecule has 0 fully saturated rings. The number of carbonyl (C=O) groups is 1. The van der Waals surface area contributed by atoms with E-state index in [2.05, 4.69) is 43.9 Å². The highest BCUT2D eigenvalue weighted by molar-refractivity contribution is 7.32. The van der Waals surface area contributed by atoms with Gasteiger partial charge >= 0.3 is 5.97 Å². The molecule has 1 rings (SSSR count). The van der Waals surface area contributed by atoms with E-state index in [4.69, 9.17) is 0 Å². The molecule has 0 aliphatic heterocycles. The van der Waals surface area contributed by atoms with Crippen LogP contribution in [0.15, 0.2) is 30.1 Å². The minimum atomic E-state index is -0.685. The summed E-state index contributed by atoms with van der Waals surface area (Å²) in [6.07, 6.45) is 48.7. The third-order valence-corrected chi connectivity index (χ3v) is 10.5. The molecule has 1 N–H and O–H groups in total. The van der Waals surface area contributed by atoms with Crippen LogP contribution in [0.3, 0.4) is 0 Å². The monoisotopic (exact) mass is 629 g/mol. The van der Waals surface area contributed by atoms with E-state index in [1.165, 1.54) is 184 Å². The number of allylic oxidation sites excluding steroid dienone is 4. The second-order valence-corrected chi connectivity index (χ2v) is 14.4. The van der Waals surface area contributed by atoms with Gasteiger partial charge in [-0.15, -0.1) is 8.19 Å². The average Bonchev–Trinajstić information content (AvgIpc) is 3.43. The van der Waals surface area contributed by atoms with E-state index in [9.17, 15) is 9.90 Å². The fourth-order valence-electron chi connectivity index (χ4n) is 6.31. The van der Waals surface area contributed by atoms with Crippen molar-refractivity contribution in [2.24, 2.45) is 0 Å². The molecular formula is C41H73O2P. The summed E-state index contributed by atoms with van der Waals surface area (Å²) in [5, 5.41) is 10.5. The van der Waals surface area contributed by atoms with Crippen LogP contribution in [0.4, 0.5) is 0 Å². The first-order valence-electron chi connectivity index (χ1n) is 19.4. The summed E-state index contributed by atoms with van der Waals surface area (Å²) in [4.78, 5) is 11.9. The SMILES string of the molecule is CCCCCCCC/C=C\CCCCCCCCc1c[pH]c(C(=O)O)c1CCCCCCCC/C=C\CCCCCCCC. The van der Waals surface area contributed by atoms with Gasteiger partial charge in [-0.1, -0.05) is 154 Å². The number of hydrogen-bond donors (Lipinski definition) is 1. The summed E-state index contributed by atoms with van der Waals surface area (Å²) in [5.41, 5.74) is 2.56. The first-order valence-corrected chi connectivity index (χ1v) is 20.5. The number of aryl methyl sites for hydroxylation is 1. The van der Waals surface area contributed by atoms with Crippen LogP contribution in [-0.4, -0.2) is 11.1 Å². The summed E-state index contributed by atoms with van der Waals surface area (Å²) < 4.78 is 0. The van der Waals surface area contributed by atoms with E-state index in [-0.39, 0.29) is 0 Å². The van der Waals surface area contributed by atoms with Crippen LogP contribution in [0.5, 0.6) is 0 Å². The molecule has 1 atom stereocenters. The van der Waals surface area contributed by atoms with Gasteiger partial charge in [0.25, 0.3) is 0 Å². The molecule has 44 heavy (non-hydrogen) atoms. The number of unbranched alkanes of at least 4 members (excludes halogenated alkanes) is 24. The Kier molecular flexibility index (Phi) is 29.4. The maximum absolute atomic E-state index is 11.9. The van der Waals surface area contributed by atoms with Crippen molar-refractivity contribution in [2.45, 2.75) is 206 Å². The average molecular weight is 629 g/mol. The Morgan fingerprint density at radius 1 is 0.523 bits per heavy atom. The van der Waals surface area contributed by atoms with Crippen LogP contribution >= 0.6 is 8.19 Å². The number of carboxylic acids is 1. The zero-order valence-corrected chi connectivity index (χ0v) is 30.5. The van der Waals surface area contributed by atoms with Crippen molar-refractivity contribution in [2.75, 3.05) is 0 Å². The Bertz CT molecular complexity index is 821. The van der Waals surface area contributed by atoms with E-state index in [0.29, 0.717) is 13.5 Å². The normalized spacial score (nSPS) is 12.0. The largest absolute Gasteiger partial charge is 0.477 e. The van der Waals surface area contributed by atoms with Gasteiger partial charge in [-0.25, -0.2) is 4.79 Å². The second kappa shape index (κ2) is 31.7. The molecule has 0 aliphatic carbocycles. The van der Waals surface area contributed by atoms with Gasteiger partial charge in [0.15, 0.2) is 0 Å². The summed E-state index contributed by atoms with van der Waals surface area (Å²) in [6.45, 7) is 4.56. The van der Waals surface area contributed by atoms with Crippen LogP contribution in [-0.2, 0) is 12.8 Å². The van der Waals surface area contributed by atoms with Crippen LogP contribution in [0.1, 0.15) is 215 Å². The van der Waals surface area contributed by atoms with Gasteiger partial charge in [-0.2, -0.15) is 0 Å². The lowest BCUT2D eigenvalue weighted by Crippen LogP contribution is -2.01. The van der Waals surface area contributed by atoms with Gasteiger partial charge in [0.05, 0.1) is 5.30 Å². The number of aromatic carboxylic acids is 1. The fourth-order valence-corrected chi connectivity index (χ4v) is 7.53. The van der Waals surface area contributed by atoms with Gasteiger partial charge in [-0.3, -0.25) is 0 Å². The molecule has 0 radical (unpaired) electrons. The van der Waals surface area contributed by atoms with E-state index >= 15 is 0 Å². The third-order valence-electron chi connectivity index (χ3n) is 9.19. The van der Waals surface area contributed by atoms with Crippen molar-refractivity contribution in [3.8, 4) is 0 Å². The Labute approximate surface area is 276 Å². The van der Waals surface area contributed by atoms with E-state index in [0.717, 1.165) is 19.3 Å². The molecular weight excluding hydrogens is 555 g/mol. The highest BCUT2D eigenvalue weighted by Crippen LogP contribution is 2.30. The Morgan fingerprint density at radius 2 is 0.864 bits per heavy atom. The molecule has 3 heteroatoms. The predicted molar refractivity (Wildman–Crippen MR) is 199 cm³/mol.